The summed E-state index contributed by atoms with van der Waals surface area (Å²) in [7, 11) is 1.60. The number of ketones is 1. The summed E-state index contributed by atoms with van der Waals surface area (Å²) in [5.74, 6) is -2.68. The zero-order chi connectivity index (χ0) is 26.2. The number of Topliss-reactive ketones (excluding diaryl/α,β-unsaturated/α-hetero) is 1. The molecule has 1 saturated carbocycles. The minimum absolute atomic E-state index is 0.00882. The Morgan fingerprint density at radius 3 is 2.58 bits per heavy atom. The number of rotatable bonds is 8. The largest absolute Gasteiger partial charge is 0.493 e. The number of ether oxygens (including phenoxy) is 3. The summed E-state index contributed by atoms with van der Waals surface area (Å²) in [5, 5.41) is 9.68. The minimum Gasteiger partial charge on any atom is -0.493 e. The molecule has 10 nitrogen and oxygen atoms in total. The van der Waals surface area contributed by atoms with Gasteiger partial charge in [0, 0.05) is 56.9 Å². The van der Waals surface area contributed by atoms with Gasteiger partial charge < -0.3 is 29.1 Å². The topological polar surface area (TPSA) is 123 Å². The number of carboxylic acids is 1. The van der Waals surface area contributed by atoms with Gasteiger partial charge in [0.15, 0.2) is 5.78 Å². The van der Waals surface area contributed by atoms with E-state index < -0.39 is 29.5 Å². The Balaban J connectivity index is 1.71. The molecule has 3 aliphatic rings. The smallest absolute Gasteiger partial charge is 0.410 e. The van der Waals surface area contributed by atoms with Crippen molar-refractivity contribution in [3.05, 3.63) is 23.8 Å². The number of aliphatic carboxylic acids is 1. The molecule has 2 aliphatic heterocycles. The highest BCUT2D eigenvalue weighted by Crippen LogP contribution is 2.49. The number of hydrogen-bond acceptors (Lipinski definition) is 7. The number of carbonyl (C=O) groups is 4. The molecule has 2 unspecified atom stereocenters. The van der Waals surface area contributed by atoms with Crippen molar-refractivity contribution in [2.45, 2.75) is 51.7 Å². The van der Waals surface area contributed by atoms with E-state index in [-0.39, 0.29) is 43.2 Å². The molecule has 1 N–H and O–H groups in total. The standard InChI is InChI=1S/C26H34N2O8/c1-15(29)19-7-6-18(11-22(19)35-9-5-8-34-4)28-21-12-20(21)26(2,3)36-25(33)27-13-16(23(28)30)10-17(14-27)24(31)32/h6-7,11,16-17,20-21H,5,8-10,12-14H2,1-4H3,(H,31,32)/t16-,17+,20?,21?/m1/s1. The highest BCUT2D eigenvalue weighted by molar-refractivity contribution is 6.00. The van der Waals surface area contributed by atoms with Gasteiger partial charge in [0.2, 0.25) is 5.91 Å². The molecule has 4 atom stereocenters. The number of amides is 2. The Morgan fingerprint density at radius 1 is 1.17 bits per heavy atom. The van der Waals surface area contributed by atoms with Gasteiger partial charge in [0.05, 0.1) is 24.0 Å². The second-order valence-electron chi connectivity index (χ2n) is 10.4. The lowest BCUT2D eigenvalue weighted by Crippen LogP contribution is -2.54. The Bertz CT molecular complexity index is 1050. The van der Waals surface area contributed by atoms with Gasteiger partial charge >= 0.3 is 12.1 Å². The molecule has 4 rings (SSSR count). The first kappa shape index (κ1) is 25.9. The van der Waals surface area contributed by atoms with Crippen molar-refractivity contribution in [3.8, 4) is 5.75 Å². The molecule has 2 saturated heterocycles. The van der Waals surface area contributed by atoms with Gasteiger partial charge in [-0.3, -0.25) is 14.4 Å². The number of hydrogen-bond donors (Lipinski definition) is 1. The highest BCUT2D eigenvalue weighted by atomic mass is 16.6. The molecule has 2 heterocycles. The third-order valence-electron chi connectivity index (χ3n) is 7.35. The lowest BCUT2D eigenvalue weighted by Gasteiger charge is -2.40. The van der Waals surface area contributed by atoms with Crippen LogP contribution < -0.4 is 9.64 Å². The van der Waals surface area contributed by atoms with Crippen molar-refractivity contribution in [1.29, 1.82) is 0 Å². The maximum Gasteiger partial charge on any atom is 0.410 e. The predicted molar refractivity (Wildman–Crippen MR) is 129 cm³/mol. The molecular formula is C26H34N2O8. The first-order valence-electron chi connectivity index (χ1n) is 12.3. The van der Waals surface area contributed by atoms with Gasteiger partial charge in [0.1, 0.15) is 11.4 Å². The van der Waals surface area contributed by atoms with E-state index in [4.69, 9.17) is 14.2 Å². The molecule has 2 bridgehead atoms. The molecule has 1 aromatic carbocycles. The second-order valence-corrected chi connectivity index (χ2v) is 10.4. The molecule has 1 aliphatic carbocycles. The fourth-order valence-electron chi connectivity index (χ4n) is 5.32. The molecule has 0 aromatic heterocycles. The minimum atomic E-state index is -1.05. The molecule has 0 spiro atoms. The van der Waals surface area contributed by atoms with Crippen molar-refractivity contribution >= 4 is 29.4 Å². The molecule has 1 aromatic rings. The first-order chi connectivity index (χ1) is 17.0. The first-order valence-corrected chi connectivity index (χ1v) is 12.3. The van der Waals surface area contributed by atoms with E-state index in [1.807, 2.05) is 13.8 Å². The summed E-state index contributed by atoms with van der Waals surface area (Å²) in [6, 6.07) is 4.87. The van der Waals surface area contributed by atoms with E-state index in [9.17, 15) is 24.3 Å². The predicted octanol–water partition coefficient (Wildman–Crippen LogP) is 2.98. The van der Waals surface area contributed by atoms with Crippen LogP contribution in [0.25, 0.3) is 0 Å². The summed E-state index contributed by atoms with van der Waals surface area (Å²) >= 11 is 0. The van der Waals surface area contributed by atoms with E-state index in [0.717, 1.165) is 0 Å². The lowest BCUT2D eigenvalue weighted by atomic mass is 9.87. The summed E-state index contributed by atoms with van der Waals surface area (Å²) < 4.78 is 16.8. The number of carbonyl (C=O) groups excluding carboxylic acids is 3. The zero-order valence-electron chi connectivity index (χ0n) is 21.2. The van der Waals surface area contributed by atoms with Crippen molar-refractivity contribution in [1.82, 2.24) is 4.90 Å². The number of fused-ring (bicyclic) bond motifs is 3. The Hall–Kier alpha value is -3.14. The van der Waals surface area contributed by atoms with Crippen molar-refractivity contribution in [3.63, 3.8) is 0 Å². The molecule has 0 radical (unpaired) electrons. The lowest BCUT2D eigenvalue weighted by molar-refractivity contribution is -0.145. The number of cyclic esters (lactones) is 1. The number of methoxy groups -OCH3 is 1. The summed E-state index contributed by atoms with van der Waals surface area (Å²) in [4.78, 5) is 53.9. The quantitative estimate of drug-likeness (QED) is 0.425. The van der Waals surface area contributed by atoms with Crippen LogP contribution in [0.3, 0.4) is 0 Å². The van der Waals surface area contributed by atoms with Crippen LogP contribution in [-0.2, 0) is 19.1 Å². The van der Waals surface area contributed by atoms with Crippen LogP contribution in [0.5, 0.6) is 5.75 Å². The molecule has 2 amide bonds. The Labute approximate surface area is 210 Å². The number of nitrogens with zero attached hydrogens (tertiary/aromatic N) is 2. The van der Waals surface area contributed by atoms with Crippen molar-refractivity contribution in [2.75, 3.05) is 38.3 Å². The fraction of sp³-hybridized carbons (Fsp3) is 0.615. The van der Waals surface area contributed by atoms with Crippen molar-refractivity contribution < 1.29 is 38.5 Å². The fourth-order valence-corrected chi connectivity index (χ4v) is 5.32. The van der Waals surface area contributed by atoms with E-state index in [0.29, 0.717) is 43.1 Å². The maximum atomic E-state index is 14.0. The number of piperidine rings is 1. The van der Waals surface area contributed by atoms with E-state index in [1.165, 1.54) is 11.8 Å². The van der Waals surface area contributed by atoms with Crippen LogP contribution in [0.2, 0.25) is 0 Å². The SMILES string of the molecule is COCCCOc1cc(N2C(=O)[C@@H]3C[C@H](C(=O)O)CN(C3)C(=O)OC(C)(C)C3CC32)ccc1C(C)=O. The molecule has 36 heavy (non-hydrogen) atoms. The van der Waals surface area contributed by atoms with Gasteiger partial charge in [-0.25, -0.2) is 4.79 Å². The van der Waals surface area contributed by atoms with Gasteiger partial charge in [-0.1, -0.05) is 0 Å². The summed E-state index contributed by atoms with van der Waals surface area (Å²) in [6.07, 6.45) is 0.834. The van der Waals surface area contributed by atoms with Crippen LogP contribution in [0.15, 0.2) is 18.2 Å². The number of carboxylic acid groups (broad SMARTS) is 1. The van der Waals surface area contributed by atoms with Crippen LogP contribution in [0.1, 0.15) is 50.4 Å². The van der Waals surface area contributed by atoms with Crippen LogP contribution in [0, 0.1) is 17.8 Å². The average Bonchev–Trinajstić information content (AvgIpc) is 3.62. The summed E-state index contributed by atoms with van der Waals surface area (Å²) in [5.41, 5.74) is 0.147. The molecule has 3 fully saturated rings. The third-order valence-corrected chi connectivity index (χ3v) is 7.35. The van der Waals surface area contributed by atoms with E-state index >= 15 is 0 Å². The zero-order valence-corrected chi connectivity index (χ0v) is 21.2. The molecule has 10 heteroatoms. The van der Waals surface area contributed by atoms with Crippen LogP contribution in [0.4, 0.5) is 10.5 Å². The van der Waals surface area contributed by atoms with E-state index in [2.05, 4.69) is 0 Å². The molecule has 196 valence electrons. The Kier molecular flexibility index (Phi) is 7.26. The van der Waals surface area contributed by atoms with Crippen LogP contribution >= 0.6 is 0 Å². The number of benzene rings is 1. The maximum absolute atomic E-state index is 14.0. The number of anilines is 1. The highest BCUT2D eigenvalue weighted by Gasteiger charge is 2.57. The molecular weight excluding hydrogens is 468 g/mol. The van der Waals surface area contributed by atoms with Gasteiger partial charge in [-0.15, -0.1) is 0 Å². The van der Waals surface area contributed by atoms with E-state index in [1.54, 1.807) is 30.2 Å². The average molecular weight is 503 g/mol. The monoisotopic (exact) mass is 502 g/mol. The van der Waals surface area contributed by atoms with Crippen molar-refractivity contribution in [2.24, 2.45) is 17.8 Å². The second kappa shape index (κ2) is 10.1. The van der Waals surface area contributed by atoms with Gasteiger partial charge in [-0.05, 0) is 45.7 Å². The van der Waals surface area contributed by atoms with Crippen LogP contribution in [-0.4, -0.2) is 78.8 Å². The normalized spacial score (nSPS) is 27.1. The van der Waals surface area contributed by atoms with Gasteiger partial charge in [-0.2, -0.15) is 0 Å². The Morgan fingerprint density at radius 2 is 1.92 bits per heavy atom. The van der Waals surface area contributed by atoms with Gasteiger partial charge in [0.25, 0.3) is 0 Å². The third kappa shape index (κ3) is 5.18. The summed E-state index contributed by atoms with van der Waals surface area (Å²) in [6.45, 7) is 6.06.